The van der Waals surface area contributed by atoms with Gasteiger partial charge in [0, 0.05) is 15.9 Å². The highest BCUT2D eigenvalue weighted by atomic mass is 79.9. The second-order valence-corrected chi connectivity index (χ2v) is 5.23. The molecule has 0 aliphatic carbocycles. The fraction of sp³-hybridized carbons (Fsp3) is 0.133. The summed E-state index contributed by atoms with van der Waals surface area (Å²) in [5.41, 5.74) is 2.04. The lowest BCUT2D eigenvalue weighted by Gasteiger charge is -2.08. The van der Waals surface area contributed by atoms with Gasteiger partial charge in [0.1, 0.15) is 18.1 Å². The first-order valence-corrected chi connectivity index (χ1v) is 6.94. The number of hydrogen-bond acceptors (Lipinski definition) is 3. The van der Waals surface area contributed by atoms with Crippen molar-refractivity contribution < 1.29 is 9.47 Å². The number of nitrogens with zero attached hydrogens (tertiary/aromatic N) is 1. The van der Waals surface area contributed by atoms with Gasteiger partial charge in [-0.25, -0.2) is 0 Å². The summed E-state index contributed by atoms with van der Waals surface area (Å²) in [7, 11) is 1.66. The van der Waals surface area contributed by atoms with Gasteiger partial charge in [0.15, 0.2) is 0 Å². The van der Waals surface area contributed by atoms with E-state index in [1.165, 1.54) is 0 Å². The lowest BCUT2D eigenvalue weighted by Crippen LogP contribution is -1.95. The number of nitrogens with one attached hydrogen (secondary N) is 1. The van der Waals surface area contributed by atoms with E-state index in [1.54, 1.807) is 13.3 Å². The fourth-order valence-electron chi connectivity index (χ4n) is 1.95. The minimum absolute atomic E-state index is 0.510. The third kappa shape index (κ3) is 2.63. The van der Waals surface area contributed by atoms with Crippen molar-refractivity contribution in [2.45, 2.75) is 6.61 Å². The molecule has 3 aromatic rings. The Labute approximate surface area is 124 Å². The molecular formula is C15H13BrN2O2. The SMILES string of the molecule is COc1ccc(COc2cc(Br)c3cn[nH]c3c2)cc1. The van der Waals surface area contributed by atoms with Crippen LogP contribution in [-0.2, 0) is 6.61 Å². The van der Waals surface area contributed by atoms with Crippen molar-refractivity contribution >= 4 is 26.8 Å². The van der Waals surface area contributed by atoms with E-state index in [4.69, 9.17) is 9.47 Å². The van der Waals surface area contributed by atoms with Crippen molar-refractivity contribution in [3.63, 3.8) is 0 Å². The van der Waals surface area contributed by atoms with Crippen molar-refractivity contribution in [3.8, 4) is 11.5 Å². The van der Waals surface area contributed by atoms with Crippen LogP contribution in [0.2, 0.25) is 0 Å². The molecule has 0 aliphatic rings. The Morgan fingerprint density at radius 2 is 1.95 bits per heavy atom. The van der Waals surface area contributed by atoms with Gasteiger partial charge in [-0.2, -0.15) is 5.10 Å². The zero-order valence-electron chi connectivity index (χ0n) is 10.9. The molecule has 1 N–H and O–H groups in total. The molecule has 0 spiro atoms. The van der Waals surface area contributed by atoms with Gasteiger partial charge in [0.25, 0.3) is 0 Å². The van der Waals surface area contributed by atoms with Crippen molar-refractivity contribution in [1.29, 1.82) is 0 Å². The molecule has 2 aromatic carbocycles. The topological polar surface area (TPSA) is 47.1 Å². The van der Waals surface area contributed by atoms with E-state index in [-0.39, 0.29) is 0 Å². The predicted molar refractivity (Wildman–Crippen MR) is 81.1 cm³/mol. The summed E-state index contributed by atoms with van der Waals surface area (Å²) >= 11 is 3.52. The van der Waals surface area contributed by atoms with Gasteiger partial charge in [-0.15, -0.1) is 0 Å². The molecule has 0 amide bonds. The Morgan fingerprint density at radius 1 is 1.15 bits per heavy atom. The van der Waals surface area contributed by atoms with E-state index in [0.29, 0.717) is 6.61 Å². The zero-order valence-corrected chi connectivity index (χ0v) is 12.5. The second-order valence-electron chi connectivity index (χ2n) is 4.37. The standard InChI is InChI=1S/C15H13BrN2O2/c1-19-11-4-2-10(3-5-11)9-20-12-6-14(16)13-8-17-18-15(13)7-12/h2-8H,9H2,1H3,(H,17,18). The summed E-state index contributed by atoms with van der Waals surface area (Å²) in [6.45, 7) is 0.510. The molecule has 0 fully saturated rings. The monoisotopic (exact) mass is 332 g/mol. The predicted octanol–water partition coefficient (Wildman–Crippen LogP) is 3.91. The second kappa shape index (κ2) is 5.54. The van der Waals surface area contributed by atoms with Crippen LogP contribution in [0.1, 0.15) is 5.56 Å². The van der Waals surface area contributed by atoms with Crippen molar-refractivity contribution in [2.24, 2.45) is 0 Å². The van der Waals surface area contributed by atoms with E-state index >= 15 is 0 Å². The molecule has 0 radical (unpaired) electrons. The minimum atomic E-state index is 0.510. The van der Waals surface area contributed by atoms with Crippen LogP contribution in [0.4, 0.5) is 0 Å². The average molecular weight is 333 g/mol. The number of rotatable bonds is 4. The summed E-state index contributed by atoms with van der Waals surface area (Å²) < 4.78 is 11.9. The number of H-pyrrole nitrogens is 1. The number of methoxy groups -OCH3 is 1. The summed E-state index contributed by atoms with van der Waals surface area (Å²) in [6, 6.07) is 11.7. The number of fused-ring (bicyclic) bond motifs is 1. The summed E-state index contributed by atoms with van der Waals surface area (Å²) in [5.74, 6) is 1.64. The van der Waals surface area contributed by atoms with Gasteiger partial charge in [0.2, 0.25) is 0 Å². The molecule has 4 nitrogen and oxygen atoms in total. The van der Waals surface area contributed by atoms with Crippen LogP contribution in [0.3, 0.4) is 0 Å². The van der Waals surface area contributed by atoms with Crippen molar-refractivity contribution in [3.05, 3.63) is 52.6 Å². The molecule has 3 rings (SSSR count). The minimum Gasteiger partial charge on any atom is -0.497 e. The van der Waals surface area contributed by atoms with Crippen LogP contribution >= 0.6 is 15.9 Å². The Bertz CT molecular complexity index is 722. The lowest BCUT2D eigenvalue weighted by molar-refractivity contribution is 0.306. The normalized spacial score (nSPS) is 10.7. The summed E-state index contributed by atoms with van der Waals surface area (Å²) in [5, 5.41) is 8.00. The number of aromatic amines is 1. The average Bonchev–Trinajstić information content (AvgIpc) is 2.94. The smallest absolute Gasteiger partial charge is 0.123 e. The van der Waals surface area contributed by atoms with Crippen LogP contribution in [0.15, 0.2) is 47.1 Å². The van der Waals surface area contributed by atoms with Crippen molar-refractivity contribution in [1.82, 2.24) is 10.2 Å². The highest BCUT2D eigenvalue weighted by Gasteiger charge is 2.05. The van der Waals surface area contributed by atoms with E-state index in [9.17, 15) is 0 Å². The first-order chi connectivity index (χ1) is 9.76. The zero-order chi connectivity index (χ0) is 13.9. The number of benzene rings is 2. The van der Waals surface area contributed by atoms with Crippen molar-refractivity contribution in [2.75, 3.05) is 7.11 Å². The highest BCUT2D eigenvalue weighted by molar-refractivity contribution is 9.10. The van der Waals surface area contributed by atoms with E-state index in [0.717, 1.165) is 32.4 Å². The Kier molecular flexibility index (Phi) is 3.60. The van der Waals surface area contributed by atoms with E-state index in [2.05, 4.69) is 26.1 Å². The van der Waals surface area contributed by atoms with Crippen LogP contribution in [0.25, 0.3) is 10.9 Å². The molecule has 1 aromatic heterocycles. The lowest BCUT2D eigenvalue weighted by atomic mass is 10.2. The summed E-state index contributed by atoms with van der Waals surface area (Å²) in [6.07, 6.45) is 1.78. The quantitative estimate of drug-likeness (QED) is 0.787. The molecule has 102 valence electrons. The van der Waals surface area contributed by atoms with Gasteiger partial charge in [-0.1, -0.05) is 12.1 Å². The molecular weight excluding hydrogens is 320 g/mol. The van der Waals surface area contributed by atoms with Crippen LogP contribution < -0.4 is 9.47 Å². The van der Waals surface area contributed by atoms with Gasteiger partial charge >= 0.3 is 0 Å². The molecule has 0 unspecified atom stereocenters. The molecule has 0 bridgehead atoms. The Balaban J connectivity index is 1.75. The largest absolute Gasteiger partial charge is 0.497 e. The molecule has 5 heteroatoms. The third-order valence-electron chi connectivity index (χ3n) is 3.05. The maximum atomic E-state index is 5.81. The fourth-order valence-corrected chi connectivity index (χ4v) is 2.50. The Morgan fingerprint density at radius 3 is 2.70 bits per heavy atom. The molecule has 0 saturated carbocycles. The maximum Gasteiger partial charge on any atom is 0.123 e. The van der Waals surface area contributed by atoms with E-state index in [1.807, 2.05) is 36.4 Å². The Hall–Kier alpha value is -2.01. The van der Waals surface area contributed by atoms with Gasteiger partial charge in [0.05, 0.1) is 18.8 Å². The van der Waals surface area contributed by atoms with E-state index < -0.39 is 0 Å². The molecule has 0 saturated heterocycles. The maximum absolute atomic E-state index is 5.81. The van der Waals surface area contributed by atoms with Crippen LogP contribution in [0, 0.1) is 0 Å². The highest BCUT2D eigenvalue weighted by Crippen LogP contribution is 2.28. The molecule has 0 atom stereocenters. The first-order valence-electron chi connectivity index (χ1n) is 6.14. The molecule has 0 aliphatic heterocycles. The number of halogens is 1. The van der Waals surface area contributed by atoms with Gasteiger partial charge in [-0.05, 0) is 39.7 Å². The van der Waals surface area contributed by atoms with Gasteiger partial charge in [-0.3, -0.25) is 5.10 Å². The first kappa shape index (κ1) is 13.0. The summed E-state index contributed by atoms with van der Waals surface area (Å²) in [4.78, 5) is 0. The number of ether oxygens (including phenoxy) is 2. The van der Waals surface area contributed by atoms with Crippen LogP contribution in [-0.4, -0.2) is 17.3 Å². The van der Waals surface area contributed by atoms with Gasteiger partial charge < -0.3 is 9.47 Å². The number of aromatic nitrogens is 2. The molecule has 20 heavy (non-hydrogen) atoms. The van der Waals surface area contributed by atoms with Crippen LogP contribution in [0.5, 0.6) is 11.5 Å². The number of hydrogen-bond donors (Lipinski definition) is 1. The third-order valence-corrected chi connectivity index (χ3v) is 3.70. The molecule has 1 heterocycles.